The first-order valence-electron chi connectivity index (χ1n) is 5.24. The summed E-state index contributed by atoms with van der Waals surface area (Å²) in [5.41, 5.74) is 0.338. The predicted octanol–water partition coefficient (Wildman–Crippen LogP) is 2.34. The lowest BCUT2D eigenvalue weighted by Gasteiger charge is -2.04. The average molecular weight is 266 g/mol. The van der Waals surface area contributed by atoms with Crippen molar-refractivity contribution in [3.8, 4) is 0 Å². The lowest BCUT2D eigenvalue weighted by molar-refractivity contribution is 0.0947. The fourth-order valence-electron chi connectivity index (χ4n) is 1.40. The first-order valence-corrected chi connectivity index (χ1v) is 5.69. The van der Waals surface area contributed by atoms with E-state index in [9.17, 15) is 9.18 Å². The van der Waals surface area contributed by atoms with Crippen LogP contribution in [0, 0.1) is 12.7 Å². The Balaban J connectivity index is 2.01. The van der Waals surface area contributed by atoms with Crippen LogP contribution in [0.4, 0.5) is 4.39 Å². The predicted molar refractivity (Wildman–Crippen MR) is 66.1 cm³/mol. The molecule has 0 fully saturated rings. The van der Waals surface area contributed by atoms with E-state index < -0.39 is 5.82 Å². The number of hydrogen-bond donors (Lipinski definition) is 2. The zero-order chi connectivity index (χ0) is 13.1. The zero-order valence-electron chi connectivity index (χ0n) is 9.61. The van der Waals surface area contributed by atoms with Crippen molar-refractivity contribution in [1.29, 1.82) is 0 Å². The number of nitrogens with one attached hydrogen (secondary N) is 1. The topological polar surface area (TPSA) is 55.1 Å². The van der Waals surface area contributed by atoms with Gasteiger partial charge < -0.3 is 9.73 Å². The highest BCUT2D eigenvalue weighted by atomic mass is 32.1. The van der Waals surface area contributed by atoms with Gasteiger partial charge in [0, 0.05) is 10.5 Å². The van der Waals surface area contributed by atoms with Crippen LogP contribution in [0.15, 0.2) is 33.7 Å². The third-order valence-electron chi connectivity index (χ3n) is 2.28. The number of nitrogens with zero attached hydrogens (tertiary/aromatic N) is 1. The maximum Gasteiger partial charge on any atom is 0.251 e. The molecule has 2 rings (SSSR count). The summed E-state index contributed by atoms with van der Waals surface area (Å²) in [5.74, 6) is 0.312. The third-order valence-corrected chi connectivity index (χ3v) is 2.62. The maximum absolute atomic E-state index is 13.0. The number of oxazole rings is 1. The summed E-state index contributed by atoms with van der Waals surface area (Å²) in [6.45, 7) is 1.96. The van der Waals surface area contributed by atoms with Crippen molar-refractivity contribution >= 4 is 18.5 Å². The molecule has 0 saturated carbocycles. The van der Waals surface area contributed by atoms with E-state index in [0.717, 1.165) is 0 Å². The van der Waals surface area contributed by atoms with Crippen molar-refractivity contribution in [2.45, 2.75) is 18.4 Å². The number of halogens is 1. The summed E-state index contributed by atoms with van der Waals surface area (Å²) in [7, 11) is 0. The van der Waals surface area contributed by atoms with Gasteiger partial charge in [-0.3, -0.25) is 4.79 Å². The molecule has 1 amide bonds. The van der Waals surface area contributed by atoms with Gasteiger partial charge >= 0.3 is 0 Å². The van der Waals surface area contributed by atoms with Gasteiger partial charge in [-0.15, -0.1) is 12.6 Å². The molecule has 0 radical (unpaired) electrons. The number of carbonyl (C=O) groups excluding carboxylic acids is 1. The molecule has 4 nitrogen and oxygen atoms in total. The molecule has 2 aromatic rings. The Morgan fingerprint density at radius 3 is 2.94 bits per heavy atom. The molecule has 1 aromatic carbocycles. The zero-order valence-corrected chi connectivity index (χ0v) is 10.5. The van der Waals surface area contributed by atoms with Crippen LogP contribution >= 0.6 is 12.6 Å². The summed E-state index contributed by atoms with van der Waals surface area (Å²) in [5, 5.41) is 2.62. The molecular weight excluding hydrogens is 255 g/mol. The van der Waals surface area contributed by atoms with Gasteiger partial charge in [0.05, 0.1) is 12.7 Å². The molecule has 0 saturated heterocycles. The number of rotatable bonds is 3. The minimum absolute atomic E-state index is 0.134. The quantitative estimate of drug-likeness (QED) is 0.838. The van der Waals surface area contributed by atoms with E-state index in [2.05, 4.69) is 22.9 Å². The molecule has 1 N–H and O–H groups in total. The Kier molecular flexibility index (Phi) is 3.66. The van der Waals surface area contributed by atoms with E-state index in [-0.39, 0.29) is 17.3 Å². The monoisotopic (exact) mass is 266 g/mol. The summed E-state index contributed by atoms with van der Waals surface area (Å²) in [6.07, 6.45) is 1.57. The highest BCUT2D eigenvalue weighted by Gasteiger charge is 2.09. The number of aryl methyl sites for hydroxylation is 1. The largest absolute Gasteiger partial charge is 0.444 e. The van der Waals surface area contributed by atoms with Gasteiger partial charge in [-0.25, -0.2) is 9.37 Å². The summed E-state index contributed by atoms with van der Waals surface area (Å²) < 4.78 is 18.2. The molecule has 0 aliphatic carbocycles. The maximum atomic E-state index is 13.0. The van der Waals surface area contributed by atoms with Crippen LogP contribution in [-0.2, 0) is 6.54 Å². The normalized spacial score (nSPS) is 10.4. The van der Waals surface area contributed by atoms with Crippen LogP contribution in [-0.4, -0.2) is 10.9 Å². The molecule has 0 aliphatic rings. The fraction of sp³-hybridized carbons (Fsp3) is 0.167. The molecule has 0 spiro atoms. The molecule has 0 aliphatic heterocycles. The number of amides is 1. The van der Waals surface area contributed by atoms with Gasteiger partial charge in [0.1, 0.15) is 11.6 Å². The molecule has 0 atom stereocenters. The van der Waals surface area contributed by atoms with Crippen LogP contribution in [0.1, 0.15) is 22.0 Å². The SMILES string of the molecule is Cc1cnc(CNC(=O)c2ccc(F)c(S)c2)o1. The molecule has 1 aromatic heterocycles. The molecule has 0 bridgehead atoms. The minimum atomic E-state index is -0.460. The summed E-state index contributed by atoms with van der Waals surface area (Å²) in [4.78, 5) is 15.8. The van der Waals surface area contributed by atoms with Crippen molar-refractivity contribution in [3.63, 3.8) is 0 Å². The number of thiol groups is 1. The standard InChI is InChI=1S/C12H11FN2O2S/c1-7-5-14-11(17-7)6-15-12(16)8-2-3-9(13)10(18)4-8/h2-5,18H,6H2,1H3,(H,15,16). The number of hydrogen-bond acceptors (Lipinski definition) is 4. The lowest BCUT2D eigenvalue weighted by atomic mass is 10.2. The number of carbonyl (C=O) groups is 1. The van der Waals surface area contributed by atoms with Crippen molar-refractivity contribution in [3.05, 3.63) is 47.4 Å². The van der Waals surface area contributed by atoms with Crippen molar-refractivity contribution < 1.29 is 13.6 Å². The number of aromatic nitrogens is 1. The van der Waals surface area contributed by atoms with E-state index in [4.69, 9.17) is 4.42 Å². The molecular formula is C12H11FN2O2S. The average Bonchev–Trinajstić information content (AvgIpc) is 2.75. The van der Waals surface area contributed by atoms with Crippen molar-refractivity contribution in [2.75, 3.05) is 0 Å². The van der Waals surface area contributed by atoms with Crippen LogP contribution in [0.3, 0.4) is 0 Å². The van der Waals surface area contributed by atoms with E-state index in [1.807, 2.05) is 0 Å². The highest BCUT2D eigenvalue weighted by Crippen LogP contribution is 2.14. The Labute approximate surface area is 109 Å². The number of benzene rings is 1. The highest BCUT2D eigenvalue weighted by molar-refractivity contribution is 7.80. The second-order valence-corrected chi connectivity index (χ2v) is 4.20. The van der Waals surface area contributed by atoms with Gasteiger partial charge in [0.2, 0.25) is 5.89 Å². The summed E-state index contributed by atoms with van der Waals surface area (Å²) in [6, 6.07) is 3.96. The smallest absolute Gasteiger partial charge is 0.251 e. The Morgan fingerprint density at radius 2 is 2.33 bits per heavy atom. The molecule has 6 heteroatoms. The van der Waals surface area contributed by atoms with E-state index in [1.54, 1.807) is 13.1 Å². The Hall–Kier alpha value is -1.82. The third kappa shape index (κ3) is 2.89. The Bertz CT molecular complexity index is 583. The van der Waals surface area contributed by atoms with Crippen molar-refractivity contribution in [1.82, 2.24) is 10.3 Å². The fourth-order valence-corrected chi connectivity index (χ4v) is 1.61. The van der Waals surface area contributed by atoms with Gasteiger partial charge in [-0.1, -0.05) is 0 Å². The second kappa shape index (κ2) is 5.22. The van der Waals surface area contributed by atoms with Gasteiger partial charge in [0.25, 0.3) is 5.91 Å². The van der Waals surface area contributed by atoms with E-state index in [0.29, 0.717) is 17.2 Å². The van der Waals surface area contributed by atoms with Crippen LogP contribution in [0.25, 0.3) is 0 Å². The van der Waals surface area contributed by atoms with Crippen LogP contribution in [0.5, 0.6) is 0 Å². The molecule has 94 valence electrons. The molecule has 18 heavy (non-hydrogen) atoms. The van der Waals surface area contributed by atoms with Crippen molar-refractivity contribution in [2.24, 2.45) is 0 Å². The second-order valence-electron chi connectivity index (χ2n) is 3.71. The Morgan fingerprint density at radius 1 is 1.56 bits per heavy atom. The van der Waals surface area contributed by atoms with Gasteiger partial charge in [-0.2, -0.15) is 0 Å². The lowest BCUT2D eigenvalue weighted by Crippen LogP contribution is -2.23. The molecule has 0 unspecified atom stereocenters. The first-order chi connectivity index (χ1) is 8.56. The molecule has 1 heterocycles. The van der Waals surface area contributed by atoms with Crippen LogP contribution in [0.2, 0.25) is 0 Å². The van der Waals surface area contributed by atoms with E-state index in [1.165, 1.54) is 18.2 Å². The summed E-state index contributed by atoms with van der Waals surface area (Å²) >= 11 is 3.92. The van der Waals surface area contributed by atoms with E-state index >= 15 is 0 Å². The first kappa shape index (κ1) is 12.6. The van der Waals surface area contributed by atoms with Crippen LogP contribution < -0.4 is 5.32 Å². The van der Waals surface area contributed by atoms with Gasteiger partial charge in [-0.05, 0) is 25.1 Å². The minimum Gasteiger partial charge on any atom is -0.444 e. The van der Waals surface area contributed by atoms with Gasteiger partial charge in [0.15, 0.2) is 0 Å².